The number of nitrogens with one attached hydrogen (secondary N) is 1. The smallest absolute Gasteiger partial charge is 0.347 e. The van der Waals surface area contributed by atoms with Crippen LogP contribution in [0.25, 0.3) is 11.0 Å². The second-order valence-electron chi connectivity index (χ2n) is 6.44. The molecule has 8 nitrogen and oxygen atoms in total. The molecule has 8 heteroatoms. The maximum absolute atomic E-state index is 12.6. The van der Waals surface area contributed by atoms with Crippen molar-refractivity contribution in [1.29, 1.82) is 0 Å². The topological polar surface area (TPSA) is 104 Å². The Hall–Kier alpha value is -4.07. The number of esters is 1. The number of benzene rings is 2. The second kappa shape index (κ2) is 8.12. The molecule has 0 radical (unpaired) electrons. The van der Waals surface area contributed by atoms with Gasteiger partial charge in [-0.25, -0.2) is 9.59 Å². The highest BCUT2D eigenvalue weighted by Gasteiger charge is 2.32. The van der Waals surface area contributed by atoms with Gasteiger partial charge in [0.25, 0.3) is 0 Å². The van der Waals surface area contributed by atoms with Crippen LogP contribution in [0.1, 0.15) is 5.56 Å². The van der Waals surface area contributed by atoms with Crippen LogP contribution in [-0.2, 0) is 25.7 Å². The maximum Gasteiger partial charge on any atom is 0.347 e. The molecular formula is C22H17NO7. The Morgan fingerprint density at radius 3 is 2.67 bits per heavy atom. The third-order valence-electron chi connectivity index (χ3n) is 4.49. The van der Waals surface area contributed by atoms with E-state index >= 15 is 0 Å². The molecule has 0 aliphatic carbocycles. The lowest BCUT2D eigenvalue weighted by Crippen LogP contribution is -2.17. The quantitative estimate of drug-likeness (QED) is 0.378. The molecule has 1 aliphatic rings. The summed E-state index contributed by atoms with van der Waals surface area (Å²) >= 11 is 0. The molecule has 1 aromatic heterocycles. The Labute approximate surface area is 170 Å². The maximum atomic E-state index is 12.6. The summed E-state index contributed by atoms with van der Waals surface area (Å²) in [7, 11) is 1.50. The van der Waals surface area contributed by atoms with Crippen LogP contribution in [0.4, 0.5) is 5.69 Å². The summed E-state index contributed by atoms with van der Waals surface area (Å²) in [4.78, 5) is 36.6. The molecule has 2 aromatic carbocycles. The van der Waals surface area contributed by atoms with Crippen LogP contribution < -0.4 is 15.7 Å². The lowest BCUT2D eigenvalue weighted by Gasteiger charge is -2.10. The summed E-state index contributed by atoms with van der Waals surface area (Å²) in [6.45, 7) is -0.472. The van der Waals surface area contributed by atoms with Crippen LogP contribution in [-0.4, -0.2) is 25.5 Å². The van der Waals surface area contributed by atoms with Gasteiger partial charge in [0.05, 0.1) is 7.11 Å². The van der Waals surface area contributed by atoms with Crippen molar-refractivity contribution in [2.75, 3.05) is 19.0 Å². The number of ether oxygens (including phenoxy) is 3. The summed E-state index contributed by atoms with van der Waals surface area (Å²) in [5, 5.41) is 3.50. The first-order chi connectivity index (χ1) is 14.5. The SMILES string of the molecule is COc1ccc2c(COC(=O)C3=C(Nc4ccccc4)OCC3=O)cc(=O)oc2c1. The highest BCUT2D eigenvalue weighted by atomic mass is 16.5. The number of hydrogen-bond acceptors (Lipinski definition) is 8. The van der Waals surface area contributed by atoms with Crippen molar-refractivity contribution in [2.45, 2.75) is 6.61 Å². The molecule has 0 saturated heterocycles. The van der Waals surface area contributed by atoms with Gasteiger partial charge in [0.1, 0.15) is 17.9 Å². The summed E-state index contributed by atoms with van der Waals surface area (Å²) in [6, 6.07) is 15.2. The first-order valence-electron chi connectivity index (χ1n) is 9.05. The highest BCUT2D eigenvalue weighted by Crippen LogP contribution is 2.24. The normalized spacial score (nSPS) is 13.3. The molecule has 0 spiro atoms. The van der Waals surface area contributed by atoms with E-state index in [2.05, 4.69) is 5.32 Å². The van der Waals surface area contributed by atoms with Crippen molar-refractivity contribution in [3.05, 3.63) is 82.0 Å². The largest absolute Gasteiger partial charge is 0.497 e. The van der Waals surface area contributed by atoms with Gasteiger partial charge in [0.2, 0.25) is 11.7 Å². The third kappa shape index (κ3) is 3.88. The van der Waals surface area contributed by atoms with Crippen molar-refractivity contribution in [3.63, 3.8) is 0 Å². The predicted molar refractivity (Wildman–Crippen MR) is 107 cm³/mol. The van der Waals surface area contributed by atoms with E-state index in [0.29, 0.717) is 28.0 Å². The Bertz CT molecular complexity index is 1210. The number of Topliss-reactive ketones (excluding diaryl/α,β-unsaturated/α-hetero) is 1. The predicted octanol–water partition coefficient (Wildman–Crippen LogP) is 2.77. The van der Waals surface area contributed by atoms with Gasteiger partial charge in [-0.2, -0.15) is 0 Å². The minimum Gasteiger partial charge on any atom is -0.497 e. The summed E-state index contributed by atoms with van der Waals surface area (Å²) in [6.07, 6.45) is 0. The number of carbonyl (C=O) groups excluding carboxylic acids is 2. The molecule has 4 rings (SSSR count). The standard InChI is InChI=1S/C22H17NO7/c1-27-15-7-8-16-13(9-19(25)30-18(16)10-15)11-29-22(26)20-17(24)12-28-21(20)23-14-5-3-2-4-6-14/h2-10,23H,11-12H2,1H3. The Morgan fingerprint density at radius 1 is 1.10 bits per heavy atom. The number of hydrogen-bond donors (Lipinski definition) is 1. The van der Waals surface area contributed by atoms with E-state index in [0.717, 1.165) is 0 Å². The van der Waals surface area contributed by atoms with Gasteiger partial charge in [0.15, 0.2) is 12.2 Å². The number of para-hydroxylation sites is 1. The van der Waals surface area contributed by atoms with Crippen LogP contribution in [0, 0.1) is 0 Å². The van der Waals surface area contributed by atoms with E-state index in [1.165, 1.54) is 13.2 Å². The average molecular weight is 407 g/mol. The number of fused-ring (bicyclic) bond motifs is 1. The molecule has 0 amide bonds. The van der Waals surface area contributed by atoms with Gasteiger partial charge in [-0.3, -0.25) is 4.79 Å². The van der Waals surface area contributed by atoms with Gasteiger partial charge in [-0.15, -0.1) is 0 Å². The number of ketones is 1. The molecule has 0 saturated carbocycles. The van der Waals surface area contributed by atoms with Crippen molar-refractivity contribution in [2.24, 2.45) is 0 Å². The van der Waals surface area contributed by atoms with E-state index in [1.807, 2.05) is 6.07 Å². The van der Waals surface area contributed by atoms with Crippen LogP contribution in [0.15, 0.2) is 75.3 Å². The lowest BCUT2D eigenvalue weighted by molar-refractivity contribution is -0.141. The van der Waals surface area contributed by atoms with Crippen molar-refractivity contribution in [3.8, 4) is 5.75 Å². The van der Waals surface area contributed by atoms with E-state index < -0.39 is 17.4 Å². The highest BCUT2D eigenvalue weighted by molar-refractivity contribution is 6.19. The van der Waals surface area contributed by atoms with Crippen molar-refractivity contribution >= 4 is 28.4 Å². The lowest BCUT2D eigenvalue weighted by atomic mass is 10.1. The van der Waals surface area contributed by atoms with Gasteiger partial charge in [-0.1, -0.05) is 18.2 Å². The van der Waals surface area contributed by atoms with E-state index in [1.54, 1.807) is 42.5 Å². The summed E-state index contributed by atoms with van der Waals surface area (Å²) in [5.41, 5.74) is 0.620. The molecule has 1 aliphatic heterocycles. The zero-order chi connectivity index (χ0) is 21.1. The number of methoxy groups -OCH3 is 1. The van der Waals surface area contributed by atoms with Crippen molar-refractivity contribution < 1.29 is 28.2 Å². The molecular weight excluding hydrogens is 390 g/mol. The van der Waals surface area contributed by atoms with Crippen LogP contribution >= 0.6 is 0 Å². The summed E-state index contributed by atoms with van der Waals surface area (Å²) < 4.78 is 20.9. The minimum absolute atomic E-state index is 0.0402. The molecule has 1 N–H and O–H groups in total. The third-order valence-corrected chi connectivity index (χ3v) is 4.49. The zero-order valence-electron chi connectivity index (χ0n) is 16.0. The van der Waals surface area contributed by atoms with E-state index in [9.17, 15) is 14.4 Å². The summed E-state index contributed by atoms with van der Waals surface area (Å²) in [5.74, 6) is -0.764. The first kappa shape index (κ1) is 19.3. The van der Waals surface area contributed by atoms with E-state index in [-0.39, 0.29) is 24.7 Å². The Kier molecular flexibility index (Phi) is 5.21. The fourth-order valence-electron chi connectivity index (χ4n) is 3.04. The number of rotatable bonds is 6. The Morgan fingerprint density at radius 2 is 1.90 bits per heavy atom. The second-order valence-corrected chi connectivity index (χ2v) is 6.44. The van der Waals surface area contributed by atoms with Gasteiger partial charge >= 0.3 is 11.6 Å². The van der Waals surface area contributed by atoms with Gasteiger partial charge in [0, 0.05) is 28.8 Å². The molecule has 0 unspecified atom stereocenters. The molecule has 0 bridgehead atoms. The van der Waals surface area contributed by atoms with E-state index in [4.69, 9.17) is 18.6 Å². The molecule has 30 heavy (non-hydrogen) atoms. The van der Waals surface area contributed by atoms with Crippen LogP contribution in [0.2, 0.25) is 0 Å². The average Bonchev–Trinajstić information content (AvgIpc) is 3.11. The monoisotopic (exact) mass is 407 g/mol. The number of anilines is 1. The zero-order valence-corrected chi connectivity index (χ0v) is 16.0. The molecule has 3 aromatic rings. The molecule has 152 valence electrons. The first-order valence-corrected chi connectivity index (χ1v) is 9.05. The van der Waals surface area contributed by atoms with Crippen LogP contribution in [0.5, 0.6) is 5.75 Å². The molecule has 0 fully saturated rings. The fraction of sp³-hybridized carbons (Fsp3) is 0.136. The molecule has 2 heterocycles. The van der Waals surface area contributed by atoms with Crippen LogP contribution in [0.3, 0.4) is 0 Å². The fourth-order valence-corrected chi connectivity index (χ4v) is 3.04. The van der Waals surface area contributed by atoms with Crippen molar-refractivity contribution in [1.82, 2.24) is 0 Å². The number of carbonyl (C=O) groups is 2. The van der Waals surface area contributed by atoms with Gasteiger partial charge in [-0.05, 0) is 24.3 Å². The Balaban J connectivity index is 1.57. The van der Waals surface area contributed by atoms with Gasteiger partial charge < -0.3 is 23.9 Å². The minimum atomic E-state index is -0.842. The molecule has 0 atom stereocenters.